The second-order valence-electron chi connectivity index (χ2n) is 34.8. The van der Waals surface area contributed by atoms with E-state index in [1.165, 1.54) is 75.1 Å². The Morgan fingerprint density at radius 3 is 1.14 bits per heavy atom. The molecule has 3 aromatic heterocycles. The first-order chi connectivity index (χ1) is 68.2. The lowest BCUT2D eigenvalue weighted by atomic mass is 9.89. The van der Waals surface area contributed by atoms with Crippen LogP contribution < -0.4 is 61.5 Å². The number of halogens is 19. The first-order valence-corrected chi connectivity index (χ1v) is 45.0. The van der Waals surface area contributed by atoms with Crippen molar-refractivity contribution >= 4 is 52.7 Å². The van der Waals surface area contributed by atoms with E-state index >= 15 is 17.6 Å². The standard InChI is InChI=1S/C34H34F7N3O6.C32H34F4N4O6.C31H28F8N4O6/c1-17-12-20(44-9-11-49-16-26(44)34(39,40)41)15-24(35)27(17)30(45)42-25(32(47)48-4)14-19-7-8-22(29-21(19)6-5-10-50-29)28-23(33(36,37)38)13-18(2)43(3)31(28)46;1-17-12-20(40-9-11-45-15-25(40)32(34,35)36)14-23(33)26(17)29(41)38-24(31(43)44-4)13-19-7-8-22(28-21(19)6-5-10-46-28)27-18(2)37-16-39(3)30(27)42;1-42-28(45)19(13-23(41-42)30(34,35)36)18-6-5-15(17-4-3-8-49-26(17)18)10-22(29(46)47-2)40-27(44)25-20(32)11-16(12-21(25)33)43-7-9-48-14-24(43)31(37,38)39/h7-8,12-13,15,25-26H,5-6,9-11,14,16H2,1-4H3,(H,42,45);7-8,12,14,16,24-25H,5-6,9-11,13,15H2,1-4H3,(H,38,41);5-6,11-13,22,24H,3-4,7-10,14H2,1-2H3,(H,40,44)/t25-,26+;24-,25+;22-,24+/m000/s1. The van der Waals surface area contributed by atoms with Crippen LogP contribution in [0.15, 0.2) is 106 Å². The van der Waals surface area contributed by atoms with Gasteiger partial charge in [0.05, 0.1) is 126 Å². The van der Waals surface area contributed by atoms with E-state index in [1.807, 2.05) is 0 Å². The molecule has 3 N–H and O–H groups in total. The Hall–Kier alpha value is -13.8. The molecule has 3 fully saturated rings. The Labute approximate surface area is 813 Å². The number of carbonyl (C=O) groups excluding carboxylic acids is 6. The van der Waals surface area contributed by atoms with E-state index in [4.69, 9.17) is 42.6 Å². The Balaban J connectivity index is 0.000000182. The molecule has 3 saturated heterocycles. The van der Waals surface area contributed by atoms with E-state index < -0.39 is 196 Å². The van der Waals surface area contributed by atoms with Crippen molar-refractivity contribution in [3.8, 4) is 50.6 Å². The van der Waals surface area contributed by atoms with E-state index in [9.17, 15) is 109 Å². The highest BCUT2D eigenvalue weighted by Gasteiger charge is 2.50. The zero-order valence-corrected chi connectivity index (χ0v) is 79.1. The van der Waals surface area contributed by atoms with Crippen LogP contribution in [0.25, 0.3) is 33.4 Å². The molecule has 0 radical (unpaired) electrons. The molecule has 6 aliphatic heterocycles. The lowest BCUT2D eigenvalue weighted by molar-refractivity contribution is -0.167. The van der Waals surface area contributed by atoms with Crippen LogP contribution in [0, 0.1) is 51.0 Å². The molecule has 6 aliphatic rings. The maximum atomic E-state index is 15.5. The minimum atomic E-state index is -4.86. The normalized spacial score (nSPS) is 17.1. The van der Waals surface area contributed by atoms with E-state index in [2.05, 4.69) is 26.0 Å². The molecule has 48 heteroatoms. The summed E-state index contributed by atoms with van der Waals surface area (Å²) in [5.41, 5.74) is -3.43. The number of aromatic nitrogens is 5. The molecule has 15 rings (SSSR count). The first kappa shape index (κ1) is 108. The van der Waals surface area contributed by atoms with Gasteiger partial charge in [-0.2, -0.15) is 71.0 Å². The highest BCUT2D eigenvalue weighted by Crippen LogP contribution is 2.47. The minimum Gasteiger partial charge on any atom is -0.493 e. The number of ether oxygens (including phenoxy) is 9. The van der Waals surface area contributed by atoms with Gasteiger partial charge in [-0.05, 0) is 159 Å². The van der Waals surface area contributed by atoms with Gasteiger partial charge in [-0.15, -0.1) is 0 Å². The molecule has 9 aromatic rings. The van der Waals surface area contributed by atoms with Crippen LogP contribution in [-0.2, 0) is 115 Å². The number of amides is 3. The van der Waals surface area contributed by atoms with Crippen LogP contribution in [0.2, 0.25) is 0 Å². The molecule has 0 spiro atoms. The van der Waals surface area contributed by atoms with Crippen molar-refractivity contribution in [2.24, 2.45) is 21.1 Å². The smallest absolute Gasteiger partial charge is 0.435 e. The summed E-state index contributed by atoms with van der Waals surface area (Å²) in [4.78, 5) is 125. The predicted molar refractivity (Wildman–Crippen MR) is 481 cm³/mol. The number of anilines is 3. The van der Waals surface area contributed by atoms with Gasteiger partial charge in [-0.25, -0.2) is 41.6 Å². The lowest BCUT2D eigenvalue weighted by Crippen LogP contribution is -2.53. The van der Waals surface area contributed by atoms with E-state index in [1.54, 1.807) is 26.1 Å². The number of fused-ring (bicyclic) bond motifs is 3. The summed E-state index contributed by atoms with van der Waals surface area (Å²) in [6.07, 6.45) is -20.2. The number of alkyl halides is 15. The quantitative estimate of drug-likeness (QED) is 0.0342. The summed E-state index contributed by atoms with van der Waals surface area (Å²) >= 11 is 0. The number of hydrogen-bond donors (Lipinski definition) is 3. The molecule has 29 nitrogen and oxygen atoms in total. The van der Waals surface area contributed by atoms with Crippen LogP contribution in [-0.4, -0.2) is 215 Å². The lowest BCUT2D eigenvalue weighted by Gasteiger charge is -2.38. The number of carbonyl (C=O) groups is 6. The average Bonchev–Trinajstić information content (AvgIpc) is 0.735. The van der Waals surface area contributed by atoms with Crippen LogP contribution in [0.3, 0.4) is 0 Å². The van der Waals surface area contributed by atoms with E-state index in [0.717, 1.165) is 71.4 Å². The summed E-state index contributed by atoms with van der Waals surface area (Å²) in [5.74, 6) is -10.7. The Morgan fingerprint density at radius 1 is 0.428 bits per heavy atom. The number of hydrogen-bond acceptors (Lipinski definition) is 23. The van der Waals surface area contributed by atoms with Gasteiger partial charge >= 0.3 is 48.8 Å². The van der Waals surface area contributed by atoms with E-state index in [0.29, 0.717) is 118 Å². The number of benzene rings is 6. The SMILES string of the molecule is COC(=O)[C@H](Cc1ccc(-c2c(C(F)(F)F)cc(C)n(C)c2=O)c2c1CCCO2)NC(=O)c1c(C)cc(N2CCOC[C@@H]2C(F)(F)F)cc1F.COC(=O)[C@H](Cc1ccc(-c2c(C)ncn(C)c2=O)c2c1CCCO2)NC(=O)c1c(C)cc(N2CCOC[C@@H]2C(F)(F)F)cc1F.COC(=O)[C@H](Cc1ccc(-c2cc(C(F)(F)F)nn(C)c2=O)c2c1CCCO2)NC(=O)c1c(F)cc(N2CCOC[C@@H]2C(F)(F)F)cc1F. The largest absolute Gasteiger partial charge is 0.493 e. The molecule has 0 unspecified atom stereocenters. The third-order valence-corrected chi connectivity index (χ3v) is 25.4. The topological polar surface area (TPSA) is 323 Å². The molecule has 3 amide bonds. The summed E-state index contributed by atoms with van der Waals surface area (Å²) < 4.78 is 317. The second kappa shape index (κ2) is 44.0. The zero-order chi connectivity index (χ0) is 106. The molecule has 780 valence electrons. The molecule has 6 aromatic carbocycles. The maximum Gasteiger partial charge on any atom is 0.435 e. The number of nitrogens with zero attached hydrogens (tertiary/aromatic N) is 8. The summed E-state index contributed by atoms with van der Waals surface area (Å²) in [6.45, 7) is 3.86. The van der Waals surface area contributed by atoms with Crippen LogP contribution in [0.4, 0.5) is 100 Å². The Kier molecular flexibility index (Phi) is 32.9. The number of esters is 3. The minimum absolute atomic E-state index is 0.00353. The fourth-order valence-electron chi connectivity index (χ4n) is 18.2. The second-order valence-corrected chi connectivity index (χ2v) is 34.8. The average molecular weight is 2060 g/mol. The van der Waals surface area contributed by atoms with Crippen molar-refractivity contribution < 1.29 is 155 Å². The molecule has 6 atom stereocenters. The highest BCUT2D eigenvalue weighted by molar-refractivity contribution is 6.01. The summed E-state index contributed by atoms with van der Waals surface area (Å²) in [7, 11) is 7.23. The van der Waals surface area contributed by atoms with Crippen molar-refractivity contribution in [1.82, 2.24) is 39.8 Å². The third-order valence-electron chi connectivity index (χ3n) is 25.4. The van der Waals surface area contributed by atoms with Crippen molar-refractivity contribution in [1.29, 1.82) is 0 Å². The van der Waals surface area contributed by atoms with E-state index in [-0.39, 0.29) is 134 Å². The van der Waals surface area contributed by atoms with Gasteiger partial charge in [0.1, 0.15) is 82.3 Å². The number of methoxy groups -OCH3 is 3. The predicted octanol–water partition coefficient (Wildman–Crippen LogP) is 13.6. The number of morpholine rings is 3. The van der Waals surface area contributed by atoms with Gasteiger partial charge in [0.25, 0.3) is 34.4 Å². The fraction of sp³-hybridized carbons (Fsp3) is 0.433. The van der Waals surface area contributed by atoms with Crippen LogP contribution in [0.1, 0.15) is 117 Å². The van der Waals surface area contributed by atoms with Crippen molar-refractivity contribution in [2.75, 3.05) is 115 Å². The number of aryl methyl sites for hydroxylation is 6. The van der Waals surface area contributed by atoms with Crippen LogP contribution >= 0.6 is 0 Å². The number of rotatable bonds is 21. The first-order valence-electron chi connectivity index (χ1n) is 45.0. The Bertz CT molecular complexity index is 6590. The molecule has 0 bridgehead atoms. The van der Waals surface area contributed by atoms with Gasteiger partial charge < -0.3 is 82.4 Å². The van der Waals surface area contributed by atoms with Gasteiger partial charge in [-0.3, -0.25) is 28.8 Å². The zero-order valence-electron chi connectivity index (χ0n) is 79.1. The molecular formula is C97H96F19N11O18. The van der Waals surface area contributed by atoms with Gasteiger partial charge in [0.2, 0.25) is 0 Å². The van der Waals surface area contributed by atoms with Crippen molar-refractivity contribution in [2.45, 2.75) is 153 Å². The highest BCUT2D eigenvalue weighted by atomic mass is 19.4. The van der Waals surface area contributed by atoms with Crippen molar-refractivity contribution in [3.63, 3.8) is 0 Å². The van der Waals surface area contributed by atoms with Crippen molar-refractivity contribution in [3.05, 3.63) is 229 Å². The monoisotopic (exact) mass is 2060 g/mol. The van der Waals surface area contributed by atoms with Gasteiger partial charge in [-0.1, -0.05) is 36.4 Å². The van der Waals surface area contributed by atoms with Crippen LogP contribution in [0.5, 0.6) is 17.2 Å². The summed E-state index contributed by atoms with van der Waals surface area (Å²) in [5, 5.41) is 10.5. The molecule has 9 heterocycles. The third kappa shape index (κ3) is 23.7. The summed E-state index contributed by atoms with van der Waals surface area (Å²) in [6, 6.07) is 5.41. The Morgan fingerprint density at radius 2 is 0.779 bits per heavy atom. The van der Waals surface area contributed by atoms with Gasteiger partial charge in [0.15, 0.2) is 5.69 Å². The van der Waals surface area contributed by atoms with Gasteiger partial charge in [0, 0.05) is 99.5 Å². The molecule has 0 aliphatic carbocycles. The maximum absolute atomic E-state index is 15.5. The molecular weight excluding hydrogens is 1970 g/mol. The number of pyridine rings is 1. The number of nitrogens with one attached hydrogen (secondary N) is 3. The molecule has 0 saturated carbocycles. The fourth-order valence-corrected chi connectivity index (χ4v) is 18.2. The molecule has 145 heavy (non-hydrogen) atoms.